The minimum absolute atomic E-state index is 0.124. The first-order valence-electron chi connectivity index (χ1n) is 10.4. The third-order valence-electron chi connectivity index (χ3n) is 5.68. The van der Waals surface area contributed by atoms with Gasteiger partial charge in [-0.2, -0.15) is 5.10 Å². The first-order chi connectivity index (χ1) is 15.6. The smallest absolute Gasteiger partial charge is 0.254 e. The van der Waals surface area contributed by atoms with Crippen molar-refractivity contribution in [2.45, 2.75) is 19.0 Å². The van der Waals surface area contributed by atoms with Crippen LogP contribution in [0.5, 0.6) is 0 Å². The third kappa shape index (κ3) is 3.71. The van der Waals surface area contributed by atoms with Crippen LogP contribution in [0, 0.1) is 0 Å². The molecule has 0 fully saturated rings. The molecule has 2 amide bonds. The highest BCUT2D eigenvalue weighted by molar-refractivity contribution is 6.06. The molecule has 4 heterocycles. The molecular formula is C24H22N6O2. The molecule has 3 aromatic heterocycles. The summed E-state index contributed by atoms with van der Waals surface area (Å²) in [6, 6.07) is 14.8. The van der Waals surface area contributed by atoms with Crippen LogP contribution in [0.25, 0.3) is 10.9 Å². The van der Waals surface area contributed by atoms with Crippen molar-refractivity contribution in [2.75, 3.05) is 6.54 Å². The van der Waals surface area contributed by atoms with Gasteiger partial charge in [-0.05, 0) is 30.3 Å². The number of carbonyl (C=O) groups is 2. The molecule has 1 atom stereocenters. The number of aromatic nitrogens is 4. The van der Waals surface area contributed by atoms with Crippen molar-refractivity contribution in [1.82, 2.24) is 30.0 Å². The molecule has 0 saturated carbocycles. The van der Waals surface area contributed by atoms with E-state index in [1.54, 1.807) is 28.0 Å². The Morgan fingerprint density at radius 1 is 1.06 bits per heavy atom. The standard InChI is InChI=1S/C24H22N6O2/c1-29-13-16-14-30(24(32)19-7-4-9-21-18(19)8-5-11-26-21)15-20(22(16)28-29)23(31)27-12-17-6-2-3-10-25-17/h2-11,13,20H,12,14-15H2,1H3,(H,27,31). The molecule has 8 nitrogen and oxygen atoms in total. The molecule has 0 bridgehead atoms. The quantitative estimate of drug-likeness (QED) is 0.541. The lowest BCUT2D eigenvalue weighted by atomic mass is 9.94. The van der Waals surface area contributed by atoms with Crippen LogP contribution in [0.3, 0.4) is 0 Å². The molecular weight excluding hydrogens is 404 g/mol. The van der Waals surface area contributed by atoms with E-state index < -0.39 is 5.92 Å². The number of aryl methyl sites for hydroxylation is 1. The fourth-order valence-corrected chi connectivity index (χ4v) is 4.17. The van der Waals surface area contributed by atoms with Gasteiger partial charge in [0.05, 0.1) is 29.4 Å². The largest absolute Gasteiger partial charge is 0.350 e. The van der Waals surface area contributed by atoms with Gasteiger partial charge < -0.3 is 10.2 Å². The van der Waals surface area contributed by atoms with Gasteiger partial charge in [0.25, 0.3) is 5.91 Å². The van der Waals surface area contributed by atoms with Crippen LogP contribution in [0.4, 0.5) is 0 Å². The fraction of sp³-hybridized carbons (Fsp3) is 0.208. The Hall–Kier alpha value is -4.07. The Kier molecular flexibility index (Phi) is 5.10. The Balaban J connectivity index is 1.42. The van der Waals surface area contributed by atoms with Crippen molar-refractivity contribution < 1.29 is 9.59 Å². The molecule has 1 aliphatic rings. The van der Waals surface area contributed by atoms with E-state index in [2.05, 4.69) is 20.4 Å². The maximum absolute atomic E-state index is 13.5. The van der Waals surface area contributed by atoms with E-state index in [-0.39, 0.29) is 18.4 Å². The lowest BCUT2D eigenvalue weighted by Crippen LogP contribution is -2.43. The van der Waals surface area contributed by atoms with Crippen LogP contribution >= 0.6 is 0 Å². The lowest BCUT2D eigenvalue weighted by Gasteiger charge is -2.31. The summed E-state index contributed by atoms with van der Waals surface area (Å²) in [5.41, 5.74) is 3.71. The average molecular weight is 426 g/mol. The molecule has 160 valence electrons. The maximum atomic E-state index is 13.5. The topological polar surface area (TPSA) is 93.0 Å². The van der Waals surface area contributed by atoms with Gasteiger partial charge in [-0.3, -0.25) is 24.2 Å². The van der Waals surface area contributed by atoms with Gasteiger partial charge in [0.1, 0.15) is 0 Å². The average Bonchev–Trinajstić information content (AvgIpc) is 3.21. The predicted molar refractivity (Wildman–Crippen MR) is 119 cm³/mol. The van der Waals surface area contributed by atoms with E-state index in [1.807, 2.05) is 55.7 Å². The lowest BCUT2D eigenvalue weighted by molar-refractivity contribution is -0.123. The Bertz CT molecular complexity index is 1300. The zero-order valence-electron chi connectivity index (χ0n) is 17.6. The SMILES string of the molecule is Cn1cc2c(n1)C(C(=O)NCc1ccccn1)CN(C(=O)c1cccc3ncccc13)C2. The summed E-state index contributed by atoms with van der Waals surface area (Å²) in [6.45, 7) is 0.984. The molecule has 32 heavy (non-hydrogen) atoms. The second kappa shape index (κ2) is 8.22. The summed E-state index contributed by atoms with van der Waals surface area (Å²) in [6.07, 6.45) is 5.28. The Morgan fingerprint density at radius 2 is 1.94 bits per heavy atom. The number of benzene rings is 1. The molecule has 8 heteroatoms. The molecule has 0 aliphatic carbocycles. The monoisotopic (exact) mass is 426 g/mol. The molecule has 0 spiro atoms. The molecule has 5 rings (SSSR count). The summed E-state index contributed by atoms with van der Waals surface area (Å²) in [5, 5.41) is 8.27. The van der Waals surface area contributed by atoms with E-state index in [0.29, 0.717) is 18.7 Å². The van der Waals surface area contributed by atoms with E-state index in [1.165, 1.54) is 0 Å². The van der Waals surface area contributed by atoms with Crippen molar-refractivity contribution in [3.05, 3.63) is 89.6 Å². The van der Waals surface area contributed by atoms with Gasteiger partial charge in [0.15, 0.2) is 0 Å². The van der Waals surface area contributed by atoms with E-state index in [0.717, 1.165) is 27.9 Å². The van der Waals surface area contributed by atoms with Crippen LogP contribution in [-0.2, 0) is 24.9 Å². The van der Waals surface area contributed by atoms with Gasteiger partial charge in [0.2, 0.25) is 5.91 Å². The highest BCUT2D eigenvalue weighted by atomic mass is 16.2. The second-order valence-corrected chi connectivity index (χ2v) is 7.87. The van der Waals surface area contributed by atoms with Crippen molar-refractivity contribution >= 4 is 22.7 Å². The van der Waals surface area contributed by atoms with Crippen LogP contribution < -0.4 is 5.32 Å². The number of carbonyl (C=O) groups excluding carboxylic acids is 2. The van der Waals surface area contributed by atoms with Crippen LogP contribution in [-0.4, -0.2) is 43.0 Å². The molecule has 1 unspecified atom stereocenters. The zero-order chi connectivity index (χ0) is 22.1. The molecule has 1 aliphatic heterocycles. The zero-order valence-corrected chi connectivity index (χ0v) is 17.6. The number of fused-ring (bicyclic) bond motifs is 2. The van der Waals surface area contributed by atoms with Gasteiger partial charge >= 0.3 is 0 Å². The van der Waals surface area contributed by atoms with Gasteiger partial charge in [0, 0.05) is 55.2 Å². The van der Waals surface area contributed by atoms with Crippen molar-refractivity contribution in [3.63, 3.8) is 0 Å². The number of hydrogen-bond donors (Lipinski definition) is 1. The number of pyridine rings is 2. The van der Waals surface area contributed by atoms with E-state index >= 15 is 0 Å². The summed E-state index contributed by atoms with van der Waals surface area (Å²) in [4.78, 5) is 37.0. The highest BCUT2D eigenvalue weighted by Gasteiger charge is 2.35. The Labute approximate surface area is 184 Å². The molecule has 1 N–H and O–H groups in total. The highest BCUT2D eigenvalue weighted by Crippen LogP contribution is 2.29. The van der Waals surface area contributed by atoms with Gasteiger partial charge in [-0.25, -0.2) is 0 Å². The molecule has 1 aromatic carbocycles. The maximum Gasteiger partial charge on any atom is 0.254 e. The molecule has 0 saturated heterocycles. The third-order valence-corrected chi connectivity index (χ3v) is 5.68. The Morgan fingerprint density at radius 3 is 2.78 bits per heavy atom. The van der Waals surface area contributed by atoms with Gasteiger partial charge in [-0.15, -0.1) is 0 Å². The first-order valence-corrected chi connectivity index (χ1v) is 10.4. The molecule has 0 radical (unpaired) electrons. The van der Waals surface area contributed by atoms with Crippen LogP contribution in [0.1, 0.15) is 33.2 Å². The number of rotatable bonds is 4. The van der Waals surface area contributed by atoms with Crippen LogP contribution in [0.2, 0.25) is 0 Å². The first kappa shape index (κ1) is 19.9. The summed E-state index contributed by atoms with van der Waals surface area (Å²) in [5.74, 6) is -0.853. The summed E-state index contributed by atoms with van der Waals surface area (Å²) >= 11 is 0. The predicted octanol–water partition coefficient (Wildman–Crippen LogP) is 2.42. The number of hydrogen-bond acceptors (Lipinski definition) is 5. The van der Waals surface area contributed by atoms with Gasteiger partial charge in [-0.1, -0.05) is 18.2 Å². The molecule has 4 aromatic rings. The number of amides is 2. The minimum atomic E-state index is -0.555. The van der Waals surface area contributed by atoms with E-state index in [4.69, 9.17) is 0 Å². The van der Waals surface area contributed by atoms with E-state index in [9.17, 15) is 9.59 Å². The van der Waals surface area contributed by atoms with Crippen LogP contribution in [0.15, 0.2) is 67.1 Å². The fourth-order valence-electron chi connectivity index (χ4n) is 4.17. The minimum Gasteiger partial charge on any atom is -0.350 e. The summed E-state index contributed by atoms with van der Waals surface area (Å²) < 4.78 is 1.69. The van der Waals surface area contributed by atoms with Crippen molar-refractivity contribution in [3.8, 4) is 0 Å². The van der Waals surface area contributed by atoms with Crippen molar-refractivity contribution in [2.24, 2.45) is 7.05 Å². The number of nitrogens with one attached hydrogen (secondary N) is 1. The normalized spacial score (nSPS) is 15.4. The second-order valence-electron chi connectivity index (χ2n) is 7.87. The summed E-state index contributed by atoms with van der Waals surface area (Å²) in [7, 11) is 1.82. The van der Waals surface area contributed by atoms with Crippen molar-refractivity contribution in [1.29, 1.82) is 0 Å². The number of nitrogens with zero attached hydrogens (tertiary/aromatic N) is 5.